The highest BCUT2D eigenvalue weighted by atomic mass is 35.5. The molecule has 1 atom stereocenters. The molecule has 0 bridgehead atoms. The SMILES string of the molecule is CNC(c1ccc(F)cc1Cl)c1c(F)cccc1F. The number of halogens is 4. The van der Waals surface area contributed by atoms with E-state index in [1.807, 2.05) is 0 Å². The molecule has 0 amide bonds. The van der Waals surface area contributed by atoms with Crippen LogP contribution in [0.2, 0.25) is 5.02 Å². The highest BCUT2D eigenvalue weighted by Gasteiger charge is 2.22. The Hall–Kier alpha value is -1.52. The molecule has 0 spiro atoms. The van der Waals surface area contributed by atoms with Crippen molar-refractivity contribution in [3.63, 3.8) is 0 Å². The zero-order valence-electron chi connectivity index (χ0n) is 10.1. The second-order valence-electron chi connectivity index (χ2n) is 4.02. The summed E-state index contributed by atoms with van der Waals surface area (Å²) in [4.78, 5) is 0. The van der Waals surface area contributed by atoms with E-state index >= 15 is 0 Å². The van der Waals surface area contributed by atoms with Crippen LogP contribution in [0.15, 0.2) is 36.4 Å². The van der Waals surface area contributed by atoms with Crippen molar-refractivity contribution in [1.82, 2.24) is 5.32 Å². The smallest absolute Gasteiger partial charge is 0.131 e. The third-order valence-corrected chi connectivity index (χ3v) is 3.18. The van der Waals surface area contributed by atoms with Crippen molar-refractivity contribution >= 4 is 11.6 Å². The standard InChI is InChI=1S/C14H11ClF3N/c1-19-14(9-6-5-8(16)7-10(9)15)13-11(17)3-2-4-12(13)18/h2-7,14,19H,1H3. The van der Waals surface area contributed by atoms with Gasteiger partial charge in [0.2, 0.25) is 0 Å². The summed E-state index contributed by atoms with van der Waals surface area (Å²) in [5.41, 5.74) is 0.271. The lowest BCUT2D eigenvalue weighted by atomic mass is 9.97. The summed E-state index contributed by atoms with van der Waals surface area (Å²) in [7, 11) is 1.55. The average molecular weight is 286 g/mol. The van der Waals surface area contributed by atoms with Crippen molar-refractivity contribution < 1.29 is 13.2 Å². The Balaban J connectivity index is 2.56. The zero-order chi connectivity index (χ0) is 14.0. The first-order valence-electron chi connectivity index (χ1n) is 5.60. The predicted octanol–water partition coefficient (Wildman–Crippen LogP) is 4.07. The van der Waals surface area contributed by atoms with Crippen molar-refractivity contribution in [2.45, 2.75) is 6.04 Å². The van der Waals surface area contributed by atoms with Gasteiger partial charge < -0.3 is 5.32 Å². The molecule has 0 heterocycles. The van der Waals surface area contributed by atoms with Crippen molar-refractivity contribution in [2.75, 3.05) is 7.05 Å². The molecule has 2 aromatic rings. The van der Waals surface area contributed by atoms with Gasteiger partial charge in [-0.25, -0.2) is 13.2 Å². The van der Waals surface area contributed by atoms with E-state index in [-0.39, 0.29) is 10.6 Å². The van der Waals surface area contributed by atoms with Gasteiger partial charge >= 0.3 is 0 Å². The Bertz CT molecular complexity index is 581. The van der Waals surface area contributed by atoms with E-state index < -0.39 is 23.5 Å². The van der Waals surface area contributed by atoms with E-state index in [9.17, 15) is 13.2 Å². The lowest BCUT2D eigenvalue weighted by Crippen LogP contribution is -2.20. The van der Waals surface area contributed by atoms with E-state index in [0.717, 1.165) is 6.07 Å². The fraction of sp³-hybridized carbons (Fsp3) is 0.143. The molecule has 100 valence electrons. The molecule has 2 rings (SSSR count). The van der Waals surface area contributed by atoms with Crippen LogP contribution in [0.25, 0.3) is 0 Å². The minimum Gasteiger partial charge on any atom is -0.309 e. The molecule has 2 aromatic carbocycles. The highest BCUT2D eigenvalue weighted by Crippen LogP contribution is 2.31. The van der Waals surface area contributed by atoms with Gasteiger partial charge in [0.05, 0.1) is 6.04 Å². The second kappa shape index (κ2) is 5.63. The summed E-state index contributed by atoms with van der Waals surface area (Å²) in [6.07, 6.45) is 0. The van der Waals surface area contributed by atoms with E-state index in [1.165, 1.54) is 30.3 Å². The summed E-state index contributed by atoms with van der Waals surface area (Å²) < 4.78 is 40.6. The quantitative estimate of drug-likeness (QED) is 0.896. The van der Waals surface area contributed by atoms with Gasteiger partial charge in [0, 0.05) is 10.6 Å². The van der Waals surface area contributed by atoms with Gasteiger partial charge in [-0.05, 0) is 36.9 Å². The first-order valence-corrected chi connectivity index (χ1v) is 5.98. The maximum absolute atomic E-state index is 13.8. The maximum atomic E-state index is 13.8. The molecule has 1 unspecified atom stereocenters. The van der Waals surface area contributed by atoms with Crippen molar-refractivity contribution in [2.24, 2.45) is 0 Å². The van der Waals surface area contributed by atoms with Crippen LogP contribution in [-0.2, 0) is 0 Å². The monoisotopic (exact) mass is 285 g/mol. The molecule has 0 saturated heterocycles. The van der Waals surface area contributed by atoms with E-state index in [1.54, 1.807) is 7.05 Å². The number of nitrogens with one attached hydrogen (secondary N) is 1. The fourth-order valence-corrected chi connectivity index (χ4v) is 2.25. The number of hydrogen-bond acceptors (Lipinski definition) is 1. The minimum absolute atomic E-state index is 0.113. The van der Waals surface area contributed by atoms with Crippen LogP contribution < -0.4 is 5.32 Å². The van der Waals surface area contributed by atoms with Crippen LogP contribution in [0.3, 0.4) is 0 Å². The minimum atomic E-state index is -0.783. The molecule has 0 saturated carbocycles. The zero-order valence-corrected chi connectivity index (χ0v) is 10.8. The Kier molecular flexibility index (Phi) is 4.12. The van der Waals surface area contributed by atoms with Gasteiger partial charge in [0.15, 0.2) is 0 Å². The summed E-state index contributed by atoms with van der Waals surface area (Å²) in [5, 5.41) is 2.90. The van der Waals surface area contributed by atoms with Crippen molar-refractivity contribution in [1.29, 1.82) is 0 Å². The Morgan fingerprint density at radius 2 is 1.68 bits per heavy atom. The highest BCUT2D eigenvalue weighted by molar-refractivity contribution is 6.31. The average Bonchev–Trinajstić information content (AvgIpc) is 2.35. The summed E-state index contributed by atoms with van der Waals surface area (Å²) in [6.45, 7) is 0. The van der Waals surface area contributed by atoms with Gasteiger partial charge in [-0.3, -0.25) is 0 Å². The number of benzene rings is 2. The van der Waals surface area contributed by atoms with Crippen molar-refractivity contribution in [3.05, 3.63) is 70.0 Å². The summed E-state index contributed by atoms with van der Waals surface area (Å²) in [6, 6.07) is 6.55. The number of rotatable bonds is 3. The van der Waals surface area contributed by atoms with Crippen molar-refractivity contribution in [3.8, 4) is 0 Å². The Morgan fingerprint density at radius 1 is 1.05 bits per heavy atom. The molecule has 0 aliphatic carbocycles. The molecule has 1 N–H and O–H groups in total. The van der Waals surface area contributed by atoms with E-state index in [4.69, 9.17) is 11.6 Å². The summed E-state index contributed by atoms with van der Waals surface area (Å²) in [5.74, 6) is -1.86. The van der Waals surface area contributed by atoms with Crippen LogP contribution in [0.1, 0.15) is 17.2 Å². The van der Waals surface area contributed by atoms with Gasteiger partial charge in [-0.15, -0.1) is 0 Å². The van der Waals surface area contributed by atoms with Gasteiger partial charge in [0.1, 0.15) is 17.5 Å². The van der Waals surface area contributed by atoms with Crippen LogP contribution in [0.5, 0.6) is 0 Å². The fourth-order valence-electron chi connectivity index (χ4n) is 1.98. The molecule has 0 aliphatic heterocycles. The molecule has 5 heteroatoms. The maximum Gasteiger partial charge on any atom is 0.131 e. The van der Waals surface area contributed by atoms with E-state index in [2.05, 4.69) is 5.32 Å². The molecule has 0 fully saturated rings. The third-order valence-electron chi connectivity index (χ3n) is 2.85. The molecular weight excluding hydrogens is 275 g/mol. The topological polar surface area (TPSA) is 12.0 Å². The van der Waals surface area contributed by atoms with Crippen LogP contribution in [0.4, 0.5) is 13.2 Å². The van der Waals surface area contributed by atoms with Gasteiger partial charge in [-0.1, -0.05) is 23.7 Å². The third kappa shape index (κ3) is 2.74. The van der Waals surface area contributed by atoms with Gasteiger partial charge in [-0.2, -0.15) is 0 Å². The van der Waals surface area contributed by atoms with Crippen LogP contribution >= 0.6 is 11.6 Å². The number of hydrogen-bond donors (Lipinski definition) is 1. The molecule has 1 nitrogen and oxygen atoms in total. The molecule has 19 heavy (non-hydrogen) atoms. The first-order chi connectivity index (χ1) is 9.04. The van der Waals surface area contributed by atoms with E-state index in [0.29, 0.717) is 5.56 Å². The second-order valence-corrected chi connectivity index (χ2v) is 4.43. The predicted molar refractivity (Wildman–Crippen MR) is 68.7 cm³/mol. The molecule has 0 aliphatic rings. The first kappa shape index (κ1) is 13.9. The summed E-state index contributed by atoms with van der Waals surface area (Å²) >= 11 is 5.93. The molecule has 0 aromatic heterocycles. The lowest BCUT2D eigenvalue weighted by molar-refractivity contribution is 0.521. The van der Waals surface area contributed by atoms with Gasteiger partial charge in [0.25, 0.3) is 0 Å². The van der Waals surface area contributed by atoms with Crippen LogP contribution in [0, 0.1) is 17.5 Å². The largest absolute Gasteiger partial charge is 0.309 e. The molecular formula is C14H11ClF3N. The normalized spacial score (nSPS) is 12.5. The Morgan fingerprint density at radius 3 is 2.21 bits per heavy atom. The Labute approximate surface area is 114 Å². The van der Waals surface area contributed by atoms with Crippen LogP contribution in [-0.4, -0.2) is 7.05 Å². The lowest BCUT2D eigenvalue weighted by Gasteiger charge is -2.19. The molecule has 0 radical (unpaired) electrons.